The monoisotopic (exact) mass is 199 g/mol. The van der Waals surface area contributed by atoms with Crippen molar-refractivity contribution in [2.24, 2.45) is 0 Å². The second kappa shape index (κ2) is 4.14. The molecule has 0 aliphatic rings. The number of nitrogens with zero attached hydrogens (tertiary/aromatic N) is 3. The predicted molar refractivity (Wildman–Crippen MR) is 43.6 cm³/mol. The highest BCUT2D eigenvalue weighted by molar-refractivity contribution is 6.28. The molecule has 0 amide bonds. The van der Waals surface area contributed by atoms with Crippen LogP contribution in [-0.2, 0) is 0 Å². The molecule has 2 unspecified atom stereocenters. The number of hydrogen-bond acceptors (Lipinski definition) is 5. The van der Waals surface area contributed by atoms with Gasteiger partial charge in [-0.15, -0.1) is 0 Å². The summed E-state index contributed by atoms with van der Waals surface area (Å²) < 4.78 is 0. The van der Waals surface area contributed by atoms with E-state index in [0.717, 1.165) is 0 Å². The van der Waals surface area contributed by atoms with Crippen molar-refractivity contribution in [2.45, 2.75) is 12.2 Å². The Morgan fingerprint density at radius 3 is 2.38 bits per heavy atom. The molecule has 0 aliphatic heterocycles. The lowest BCUT2D eigenvalue weighted by atomic mass is 10.1. The molecule has 13 heavy (non-hydrogen) atoms. The highest BCUT2D eigenvalue weighted by Gasteiger charge is 2.17. The summed E-state index contributed by atoms with van der Waals surface area (Å²) in [5.41, 5.74) is 0.249. The van der Waals surface area contributed by atoms with Crippen molar-refractivity contribution in [3.05, 3.63) is 23.2 Å². The number of nitriles is 1. The minimum atomic E-state index is -1.48. The molecule has 1 heterocycles. The Morgan fingerprint density at radius 2 is 1.92 bits per heavy atom. The van der Waals surface area contributed by atoms with E-state index in [9.17, 15) is 5.11 Å². The Morgan fingerprint density at radius 1 is 1.38 bits per heavy atom. The molecular formula is C7H6ClN3O2. The summed E-state index contributed by atoms with van der Waals surface area (Å²) in [5.74, 6) is 0. The first-order valence-electron chi connectivity index (χ1n) is 3.38. The molecule has 0 bridgehead atoms. The van der Waals surface area contributed by atoms with E-state index < -0.39 is 12.2 Å². The Balaban J connectivity index is 2.84. The van der Waals surface area contributed by atoms with Gasteiger partial charge in [-0.1, -0.05) is 0 Å². The van der Waals surface area contributed by atoms with Crippen LogP contribution >= 0.6 is 11.6 Å². The Hall–Kier alpha value is -1.22. The van der Waals surface area contributed by atoms with Crippen LogP contribution in [0, 0.1) is 11.3 Å². The molecule has 2 atom stereocenters. The van der Waals surface area contributed by atoms with Crippen molar-refractivity contribution >= 4 is 11.6 Å². The Labute approximate surface area is 79.2 Å². The minimum Gasteiger partial charge on any atom is -0.384 e. The summed E-state index contributed by atoms with van der Waals surface area (Å²) in [5, 5.41) is 26.6. The summed E-state index contributed by atoms with van der Waals surface area (Å²) in [6.45, 7) is 0. The fraction of sp³-hybridized carbons (Fsp3) is 0.286. The van der Waals surface area contributed by atoms with Gasteiger partial charge in [0, 0.05) is 18.0 Å². The zero-order chi connectivity index (χ0) is 9.84. The third-order valence-corrected chi connectivity index (χ3v) is 1.61. The second-order valence-corrected chi connectivity index (χ2v) is 2.64. The minimum absolute atomic E-state index is 0.0439. The Bertz CT molecular complexity index is 322. The van der Waals surface area contributed by atoms with Crippen LogP contribution in [0.4, 0.5) is 0 Å². The van der Waals surface area contributed by atoms with Gasteiger partial charge in [-0.05, 0) is 11.6 Å². The van der Waals surface area contributed by atoms with Gasteiger partial charge in [0.2, 0.25) is 5.28 Å². The first-order chi connectivity index (χ1) is 6.15. The van der Waals surface area contributed by atoms with Crippen molar-refractivity contribution in [2.75, 3.05) is 0 Å². The number of hydrogen-bond donors (Lipinski definition) is 2. The summed E-state index contributed by atoms with van der Waals surface area (Å²) in [7, 11) is 0. The smallest absolute Gasteiger partial charge is 0.222 e. The number of aromatic nitrogens is 2. The maximum absolute atomic E-state index is 9.28. The van der Waals surface area contributed by atoms with Crippen molar-refractivity contribution in [1.29, 1.82) is 5.26 Å². The number of rotatable bonds is 2. The molecule has 68 valence electrons. The van der Waals surface area contributed by atoms with Gasteiger partial charge in [-0.3, -0.25) is 0 Å². The first-order valence-corrected chi connectivity index (χ1v) is 3.76. The molecule has 0 aromatic carbocycles. The van der Waals surface area contributed by atoms with Crippen molar-refractivity contribution < 1.29 is 10.2 Å². The average molecular weight is 200 g/mol. The summed E-state index contributed by atoms with van der Waals surface area (Å²) >= 11 is 5.40. The maximum Gasteiger partial charge on any atom is 0.222 e. The van der Waals surface area contributed by atoms with E-state index in [0.29, 0.717) is 0 Å². The van der Waals surface area contributed by atoms with Crippen molar-refractivity contribution in [1.82, 2.24) is 9.97 Å². The normalized spacial score (nSPS) is 14.6. The van der Waals surface area contributed by atoms with E-state index >= 15 is 0 Å². The molecule has 1 aromatic rings. The highest BCUT2D eigenvalue weighted by atomic mass is 35.5. The topological polar surface area (TPSA) is 90.0 Å². The van der Waals surface area contributed by atoms with Crippen LogP contribution < -0.4 is 0 Å². The van der Waals surface area contributed by atoms with E-state index in [2.05, 4.69) is 9.97 Å². The van der Waals surface area contributed by atoms with E-state index in [-0.39, 0.29) is 10.8 Å². The molecule has 0 aliphatic carbocycles. The fourth-order valence-electron chi connectivity index (χ4n) is 0.728. The van der Waals surface area contributed by atoms with Crippen LogP contribution in [0.2, 0.25) is 5.28 Å². The number of aliphatic hydroxyl groups excluding tert-OH is 2. The molecule has 0 saturated heterocycles. The summed E-state index contributed by atoms with van der Waals surface area (Å²) in [4.78, 5) is 7.18. The third kappa shape index (κ3) is 2.36. The van der Waals surface area contributed by atoms with Gasteiger partial charge < -0.3 is 10.2 Å². The number of halogens is 1. The second-order valence-electron chi connectivity index (χ2n) is 2.30. The lowest BCUT2D eigenvalue weighted by molar-refractivity contribution is 0.0523. The molecule has 0 fully saturated rings. The summed E-state index contributed by atoms with van der Waals surface area (Å²) in [6.07, 6.45) is -0.284. The fourth-order valence-corrected chi connectivity index (χ4v) is 0.825. The molecule has 6 heteroatoms. The van der Waals surface area contributed by atoms with Gasteiger partial charge in [0.1, 0.15) is 6.10 Å². The molecule has 5 nitrogen and oxygen atoms in total. The quantitative estimate of drug-likeness (QED) is 0.519. The van der Waals surface area contributed by atoms with E-state index in [1.165, 1.54) is 18.5 Å². The predicted octanol–water partition coefficient (Wildman–Crippen LogP) is 0.0479. The van der Waals surface area contributed by atoms with Crippen LogP contribution in [0.15, 0.2) is 12.4 Å². The largest absolute Gasteiger partial charge is 0.384 e. The molecule has 1 rings (SSSR count). The van der Waals surface area contributed by atoms with E-state index in [1.807, 2.05) is 0 Å². The molecule has 0 spiro atoms. The highest BCUT2D eigenvalue weighted by Crippen LogP contribution is 2.14. The van der Waals surface area contributed by atoms with Crippen LogP contribution in [0.3, 0.4) is 0 Å². The van der Waals surface area contributed by atoms with Gasteiger partial charge in [0.05, 0.1) is 6.07 Å². The van der Waals surface area contributed by atoms with Crippen LogP contribution in [0.5, 0.6) is 0 Å². The molecule has 0 saturated carbocycles. The lowest BCUT2D eigenvalue weighted by Crippen LogP contribution is -2.16. The first kappa shape index (κ1) is 9.86. The zero-order valence-corrected chi connectivity index (χ0v) is 7.18. The Kier molecular flexibility index (Phi) is 3.14. The van der Waals surface area contributed by atoms with Gasteiger partial charge in [0.25, 0.3) is 0 Å². The molecule has 1 aromatic heterocycles. The molecule has 2 N–H and O–H groups in total. The van der Waals surface area contributed by atoms with Crippen LogP contribution in [-0.4, -0.2) is 26.3 Å². The standard InChI is InChI=1S/C7H6ClN3O2/c8-7-10-2-4(3-11-7)6(13)5(12)1-9/h2-3,5-6,12-13H. The van der Waals surface area contributed by atoms with Gasteiger partial charge in [-0.25, -0.2) is 9.97 Å². The lowest BCUT2D eigenvalue weighted by Gasteiger charge is -2.10. The number of aliphatic hydroxyl groups is 2. The maximum atomic E-state index is 9.28. The summed E-state index contributed by atoms with van der Waals surface area (Å²) in [6, 6.07) is 1.49. The average Bonchev–Trinajstić information content (AvgIpc) is 2.17. The van der Waals surface area contributed by atoms with Crippen molar-refractivity contribution in [3.8, 4) is 6.07 Å². The van der Waals surface area contributed by atoms with Gasteiger partial charge in [-0.2, -0.15) is 5.26 Å². The van der Waals surface area contributed by atoms with E-state index in [4.69, 9.17) is 22.0 Å². The van der Waals surface area contributed by atoms with Crippen LogP contribution in [0.25, 0.3) is 0 Å². The zero-order valence-electron chi connectivity index (χ0n) is 6.42. The van der Waals surface area contributed by atoms with Gasteiger partial charge in [0.15, 0.2) is 6.10 Å². The SMILES string of the molecule is N#CC(O)C(O)c1cnc(Cl)nc1. The van der Waals surface area contributed by atoms with Gasteiger partial charge >= 0.3 is 0 Å². The molecular weight excluding hydrogens is 194 g/mol. The third-order valence-electron chi connectivity index (χ3n) is 1.41. The van der Waals surface area contributed by atoms with Crippen LogP contribution in [0.1, 0.15) is 11.7 Å². The van der Waals surface area contributed by atoms with E-state index in [1.54, 1.807) is 0 Å². The molecule has 0 radical (unpaired) electrons. The van der Waals surface area contributed by atoms with Crippen molar-refractivity contribution in [3.63, 3.8) is 0 Å².